The number of pyridine rings is 4. The highest BCUT2D eigenvalue weighted by Gasteiger charge is 2.30. The number of amides is 2. The van der Waals surface area contributed by atoms with Gasteiger partial charge in [-0.2, -0.15) is 0 Å². The second-order valence-electron chi connectivity index (χ2n) is 16.5. The quantitative estimate of drug-likeness (QED) is 0.0635. The molecule has 10 N–H and O–H groups in total. The minimum absolute atomic E-state index is 0.0644. The number of alkyl halides is 2. The Morgan fingerprint density at radius 2 is 1.06 bits per heavy atom. The number of halogens is 4. The third kappa shape index (κ3) is 9.28. The molecule has 22 heteroatoms. The van der Waals surface area contributed by atoms with Crippen molar-refractivity contribution in [2.75, 3.05) is 85.2 Å². The largest absolute Gasteiger partial charge is 0.474 e. The molecule has 4 aliphatic heterocycles. The number of hydrogen-bond acceptors (Lipinski definition) is 16. The van der Waals surface area contributed by atoms with Crippen molar-refractivity contribution in [3.63, 3.8) is 0 Å². The molecule has 0 spiro atoms. The fourth-order valence-corrected chi connectivity index (χ4v) is 8.51. The van der Waals surface area contributed by atoms with E-state index in [-0.39, 0.29) is 47.2 Å². The van der Waals surface area contributed by atoms with Crippen molar-refractivity contribution in [2.45, 2.75) is 51.2 Å². The summed E-state index contributed by atoms with van der Waals surface area (Å²) in [5.41, 5.74) is 16.7. The number of rotatable bonds is 6. The van der Waals surface area contributed by atoms with Crippen molar-refractivity contribution in [2.24, 2.45) is 0 Å². The van der Waals surface area contributed by atoms with Crippen molar-refractivity contribution in [3.8, 4) is 34.0 Å². The Morgan fingerprint density at radius 1 is 0.632 bits per heavy atom. The van der Waals surface area contributed by atoms with Gasteiger partial charge in [0.2, 0.25) is 11.8 Å². The first-order valence-corrected chi connectivity index (χ1v) is 22.0. The number of nitrogen functional groups attached to an aromatic ring is 2. The van der Waals surface area contributed by atoms with Gasteiger partial charge < -0.3 is 51.7 Å². The van der Waals surface area contributed by atoms with Gasteiger partial charge in [0, 0.05) is 84.0 Å². The molecule has 4 aromatic heterocycles. The molecule has 18 nitrogen and oxygen atoms in total. The summed E-state index contributed by atoms with van der Waals surface area (Å²) in [5, 5.41) is 19.2. The molecule has 6 aromatic rings. The third-order valence-corrected chi connectivity index (χ3v) is 12.1. The highest BCUT2D eigenvalue weighted by atomic mass is 19.1. The van der Waals surface area contributed by atoms with Gasteiger partial charge in [-0.15, -0.1) is 0 Å². The lowest BCUT2D eigenvalue weighted by Gasteiger charge is -2.26. The summed E-state index contributed by atoms with van der Waals surface area (Å²) in [6, 6.07) is 6.38. The lowest BCUT2D eigenvalue weighted by Crippen LogP contribution is -2.44. The summed E-state index contributed by atoms with van der Waals surface area (Å²) in [7, 11) is 0. The fraction of sp³-hybridized carbons (Fsp3) is 0.348. The van der Waals surface area contributed by atoms with Gasteiger partial charge in [-0.3, -0.25) is 10.6 Å². The van der Waals surface area contributed by atoms with E-state index in [1.165, 1.54) is 12.4 Å². The lowest BCUT2D eigenvalue weighted by atomic mass is 9.97. The molecule has 8 heterocycles. The van der Waals surface area contributed by atoms with Crippen LogP contribution in [0.15, 0.2) is 49.1 Å². The van der Waals surface area contributed by atoms with Gasteiger partial charge in [-0.25, -0.2) is 47.1 Å². The van der Waals surface area contributed by atoms with E-state index in [4.69, 9.17) is 30.4 Å². The monoisotopic (exact) mass is 940 g/mol. The number of carbonyl (C=O) groups excluding carboxylic acids is 2. The summed E-state index contributed by atoms with van der Waals surface area (Å²) < 4.78 is 79.9. The second kappa shape index (κ2) is 19.4. The van der Waals surface area contributed by atoms with Crippen molar-refractivity contribution in [1.29, 1.82) is 0 Å². The minimum Gasteiger partial charge on any atom is -0.474 e. The maximum absolute atomic E-state index is 15.3. The number of ether oxygens (including phenoxy) is 4. The maximum Gasteiger partial charge on any atom is 0.413 e. The lowest BCUT2D eigenvalue weighted by molar-refractivity contribution is 0.0340. The van der Waals surface area contributed by atoms with Crippen LogP contribution in [0.5, 0.6) is 11.8 Å². The van der Waals surface area contributed by atoms with Crippen LogP contribution in [-0.4, -0.2) is 109 Å². The summed E-state index contributed by atoms with van der Waals surface area (Å²) >= 11 is 0. The number of piperidine rings is 2. The highest BCUT2D eigenvalue weighted by molar-refractivity contribution is 6.01. The zero-order chi connectivity index (χ0) is 47.6. The Hall–Kier alpha value is -7.46. The van der Waals surface area contributed by atoms with E-state index in [0.29, 0.717) is 108 Å². The van der Waals surface area contributed by atoms with Crippen LogP contribution in [0.2, 0.25) is 0 Å². The van der Waals surface area contributed by atoms with Crippen LogP contribution >= 0.6 is 0 Å². The molecule has 68 heavy (non-hydrogen) atoms. The number of nitrogens with zero attached hydrogens (tertiary/aromatic N) is 4. The summed E-state index contributed by atoms with van der Waals surface area (Å²) in [6.45, 7) is 7.37. The first-order chi connectivity index (χ1) is 32.8. The normalized spacial score (nSPS) is 19.6. The number of fused-ring (bicyclic) bond motifs is 4. The van der Waals surface area contributed by atoms with Crippen LogP contribution in [-0.2, 0) is 9.47 Å². The van der Waals surface area contributed by atoms with Crippen LogP contribution in [0.25, 0.3) is 43.8 Å². The van der Waals surface area contributed by atoms with Crippen molar-refractivity contribution < 1.29 is 46.1 Å². The molecule has 2 aromatic carbocycles. The first kappa shape index (κ1) is 45.7. The Balaban J connectivity index is 0.000000170. The smallest absolute Gasteiger partial charge is 0.413 e. The zero-order valence-electron chi connectivity index (χ0n) is 36.9. The van der Waals surface area contributed by atoms with E-state index >= 15 is 8.78 Å². The molecule has 0 saturated carbocycles. The predicted molar refractivity (Wildman–Crippen MR) is 249 cm³/mol. The highest BCUT2D eigenvalue weighted by Crippen LogP contribution is 2.41. The average molecular weight is 941 g/mol. The number of nitrogens with one attached hydrogen (secondary N) is 6. The van der Waals surface area contributed by atoms with Crippen molar-refractivity contribution in [1.82, 2.24) is 30.6 Å². The van der Waals surface area contributed by atoms with Gasteiger partial charge in [-0.05, 0) is 85.9 Å². The maximum atomic E-state index is 15.3. The molecule has 2 fully saturated rings. The molecular weight excluding hydrogens is 893 g/mol. The van der Waals surface area contributed by atoms with E-state index in [0.717, 1.165) is 11.1 Å². The molecule has 2 saturated heterocycles. The zero-order valence-corrected chi connectivity index (χ0v) is 36.9. The molecule has 4 aliphatic rings. The fourth-order valence-electron chi connectivity index (χ4n) is 8.51. The molecule has 0 radical (unpaired) electrons. The van der Waals surface area contributed by atoms with Gasteiger partial charge in [0.05, 0.1) is 11.4 Å². The molecule has 10 rings (SSSR count). The van der Waals surface area contributed by atoms with Crippen molar-refractivity contribution in [3.05, 3.63) is 71.8 Å². The summed E-state index contributed by atoms with van der Waals surface area (Å²) in [6.07, 6.45) is 0.807. The van der Waals surface area contributed by atoms with Gasteiger partial charge in [0.25, 0.3) is 0 Å². The number of hydrogen-bond donors (Lipinski definition) is 8. The van der Waals surface area contributed by atoms with Crippen LogP contribution in [0.3, 0.4) is 0 Å². The topological polar surface area (TPSA) is 247 Å². The Labute approximate surface area is 386 Å². The molecule has 2 amide bonds. The van der Waals surface area contributed by atoms with Gasteiger partial charge in [-0.1, -0.05) is 0 Å². The summed E-state index contributed by atoms with van der Waals surface area (Å²) in [5.74, 6) is 0.121. The van der Waals surface area contributed by atoms with Crippen molar-refractivity contribution >= 4 is 68.1 Å². The Bertz CT molecular complexity index is 2740. The molecule has 0 bridgehead atoms. The van der Waals surface area contributed by atoms with Crippen LogP contribution in [0.4, 0.5) is 61.5 Å². The summed E-state index contributed by atoms with van der Waals surface area (Å²) in [4.78, 5) is 41.5. The average Bonchev–Trinajstić information content (AvgIpc) is 3.33. The molecule has 0 aliphatic carbocycles. The van der Waals surface area contributed by atoms with Gasteiger partial charge in [0.1, 0.15) is 60.8 Å². The number of benzene rings is 2. The number of carbonyl (C=O) groups is 2. The van der Waals surface area contributed by atoms with Crippen LogP contribution in [0, 0.1) is 25.5 Å². The third-order valence-electron chi connectivity index (χ3n) is 12.1. The number of anilines is 6. The van der Waals surface area contributed by atoms with E-state index < -0.39 is 48.4 Å². The van der Waals surface area contributed by atoms with E-state index in [9.17, 15) is 18.4 Å². The molecule has 356 valence electrons. The van der Waals surface area contributed by atoms with E-state index in [2.05, 4.69) is 51.8 Å². The second-order valence-corrected chi connectivity index (χ2v) is 16.5. The number of nitrogens with two attached hydrogens (primary N) is 2. The number of aromatic nitrogens is 4. The molecular formula is C46H48F4N12O6. The van der Waals surface area contributed by atoms with Gasteiger partial charge >= 0.3 is 12.2 Å². The standard InChI is InChI=1S/2C23H24F2N6O3/c2*1-11-14(8-30-22-21(11)28-4-5-33-22)13-6-12-7-18(29-9-15(12)20(26)19(13)25)31-23(32)34-17-2-3-27-10-16(17)24/h2*6-9,16-17,27-28H,2-5,10,26H2,1H3,(H,29,31,32)/t2*16-,17-/m10/s1. The molecule has 0 unspecified atom stereocenters. The van der Waals surface area contributed by atoms with Crippen LogP contribution in [0.1, 0.15) is 24.0 Å². The van der Waals surface area contributed by atoms with Crippen LogP contribution < -0.4 is 52.8 Å². The van der Waals surface area contributed by atoms with Gasteiger partial charge in [0.15, 0.2) is 11.6 Å². The Kier molecular flexibility index (Phi) is 13.0. The predicted octanol–water partition coefficient (Wildman–Crippen LogP) is 6.76. The Morgan fingerprint density at radius 3 is 1.47 bits per heavy atom. The molecule has 4 atom stereocenters. The van der Waals surface area contributed by atoms with E-state index in [1.807, 2.05) is 13.8 Å². The minimum atomic E-state index is -1.28. The SMILES string of the molecule is Cc1c(-c2cc3cc(NC(=O)O[C@@H]4CCNC[C@H]4F)ncc3c(N)c2F)cnc2c1NCCO2.Cc1c(-c2cc3cc(NC(=O)O[C@H]4CCNC[C@@H]4F)ncc3c(N)c2F)cnc2c1NCCO2. The first-order valence-electron chi connectivity index (χ1n) is 22.0. The van der Waals surface area contributed by atoms with E-state index in [1.54, 1.807) is 36.7 Å².